The zero-order chi connectivity index (χ0) is 18.4. The van der Waals surface area contributed by atoms with Crippen LogP contribution in [0, 0.1) is 17.3 Å². The average molecular weight is 355 g/mol. The lowest BCUT2D eigenvalue weighted by atomic mass is 9.43. The summed E-state index contributed by atoms with van der Waals surface area (Å²) >= 11 is 0. The van der Waals surface area contributed by atoms with Crippen LogP contribution in [0.15, 0.2) is 30.3 Å². The van der Waals surface area contributed by atoms with Gasteiger partial charge in [-0.3, -0.25) is 9.59 Å². The number of hydrogen-bond acceptors (Lipinski definition) is 3. The fourth-order valence-electron chi connectivity index (χ4n) is 6.29. The predicted molar refractivity (Wildman–Crippen MR) is 99.5 cm³/mol. The first kappa shape index (κ1) is 17.6. The summed E-state index contributed by atoms with van der Waals surface area (Å²) in [6.45, 7) is 4.10. The highest BCUT2D eigenvalue weighted by Gasteiger charge is 2.61. The van der Waals surface area contributed by atoms with Crippen molar-refractivity contribution in [1.29, 1.82) is 0 Å². The number of carbonyl (C=O) groups is 2. The average Bonchev–Trinajstić information content (AvgIpc) is 2.61. The lowest BCUT2D eigenvalue weighted by Crippen LogP contribution is -2.57. The number of benzene rings is 1. The van der Waals surface area contributed by atoms with Crippen LogP contribution >= 0.6 is 0 Å². The fourth-order valence-corrected chi connectivity index (χ4v) is 6.29. The predicted octanol–water partition coefficient (Wildman–Crippen LogP) is 3.59. The molecule has 4 saturated carbocycles. The van der Waals surface area contributed by atoms with E-state index in [0.717, 1.165) is 19.3 Å². The Kier molecular flexibility index (Phi) is 4.32. The molecular weight excluding hydrogens is 326 g/mol. The van der Waals surface area contributed by atoms with Gasteiger partial charge in [0.1, 0.15) is 0 Å². The molecule has 0 radical (unpaired) electrons. The van der Waals surface area contributed by atoms with E-state index in [-0.39, 0.29) is 17.3 Å². The van der Waals surface area contributed by atoms with E-state index in [2.05, 4.69) is 35.6 Å². The smallest absolute Gasteiger partial charge is 0.312 e. The third-order valence-electron chi connectivity index (χ3n) is 6.88. The van der Waals surface area contributed by atoms with Gasteiger partial charge in [0.25, 0.3) is 5.91 Å². The monoisotopic (exact) mass is 355 g/mol. The van der Waals surface area contributed by atoms with Crippen LogP contribution in [0.1, 0.15) is 57.9 Å². The van der Waals surface area contributed by atoms with Gasteiger partial charge in [-0.1, -0.05) is 30.3 Å². The third kappa shape index (κ3) is 2.83. The van der Waals surface area contributed by atoms with Crippen LogP contribution in [-0.4, -0.2) is 24.5 Å². The second-order valence-electron chi connectivity index (χ2n) is 8.83. The van der Waals surface area contributed by atoms with Crippen LogP contribution in [-0.2, 0) is 19.7 Å². The van der Waals surface area contributed by atoms with Crippen LogP contribution in [0.5, 0.6) is 0 Å². The molecule has 4 heteroatoms. The molecule has 26 heavy (non-hydrogen) atoms. The van der Waals surface area contributed by atoms with Crippen molar-refractivity contribution >= 4 is 11.9 Å². The maximum Gasteiger partial charge on any atom is 0.312 e. The van der Waals surface area contributed by atoms with Crippen LogP contribution in [0.25, 0.3) is 0 Å². The zero-order valence-electron chi connectivity index (χ0n) is 15.8. The van der Waals surface area contributed by atoms with Crippen molar-refractivity contribution in [3.8, 4) is 0 Å². The second kappa shape index (κ2) is 6.40. The van der Waals surface area contributed by atoms with Gasteiger partial charge in [0, 0.05) is 6.54 Å². The Bertz CT molecular complexity index is 685. The first-order valence-corrected chi connectivity index (χ1v) is 10.0. The molecule has 0 spiro atoms. The second-order valence-corrected chi connectivity index (χ2v) is 8.83. The molecule has 0 saturated heterocycles. The molecule has 0 aliphatic heterocycles. The molecule has 5 rings (SSSR count). The van der Waals surface area contributed by atoms with Crippen molar-refractivity contribution < 1.29 is 14.3 Å². The molecule has 4 bridgehead atoms. The van der Waals surface area contributed by atoms with E-state index < -0.39 is 11.5 Å². The molecule has 5 atom stereocenters. The minimum Gasteiger partial charge on any atom is -0.452 e. The first-order valence-electron chi connectivity index (χ1n) is 10.0. The Morgan fingerprint density at radius 1 is 1.15 bits per heavy atom. The van der Waals surface area contributed by atoms with E-state index in [9.17, 15) is 9.59 Å². The summed E-state index contributed by atoms with van der Waals surface area (Å²) < 4.78 is 5.68. The van der Waals surface area contributed by atoms with E-state index in [0.29, 0.717) is 18.4 Å². The van der Waals surface area contributed by atoms with Crippen LogP contribution in [0.3, 0.4) is 0 Å². The van der Waals surface area contributed by atoms with Gasteiger partial charge >= 0.3 is 5.97 Å². The standard InChI is InChI=1S/C22H29NO3/c1-3-23-19(24)15(2)26-20(25)22-12-16-9-17(13-22)11-21(10-16,14-22)18-7-5-4-6-8-18/h4-8,15-17H,3,9-14H2,1-2H3,(H,23,24)/t15-,16-,17+,21?,22?/m1/s1. The topological polar surface area (TPSA) is 55.4 Å². The van der Waals surface area contributed by atoms with Gasteiger partial charge in [-0.25, -0.2) is 0 Å². The quantitative estimate of drug-likeness (QED) is 0.821. The lowest BCUT2D eigenvalue weighted by molar-refractivity contribution is -0.180. The highest BCUT2D eigenvalue weighted by atomic mass is 16.5. The van der Waals surface area contributed by atoms with Crippen molar-refractivity contribution in [3.63, 3.8) is 0 Å². The van der Waals surface area contributed by atoms with Gasteiger partial charge in [0.15, 0.2) is 6.10 Å². The number of likely N-dealkylation sites (N-methyl/N-ethyl adjacent to an activating group) is 1. The fraction of sp³-hybridized carbons (Fsp3) is 0.636. The summed E-state index contributed by atoms with van der Waals surface area (Å²) in [6.07, 6.45) is 5.64. The van der Waals surface area contributed by atoms with Crippen molar-refractivity contribution in [2.45, 2.75) is 63.9 Å². The van der Waals surface area contributed by atoms with Gasteiger partial charge in [0.05, 0.1) is 5.41 Å². The Morgan fingerprint density at radius 3 is 2.42 bits per heavy atom. The highest BCUT2D eigenvalue weighted by Crippen LogP contribution is 2.66. The zero-order valence-corrected chi connectivity index (χ0v) is 15.8. The maximum atomic E-state index is 13.2. The minimum absolute atomic E-state index is 0.110. The van der Waals surface area contributed by atoms with E-state index in [1.165, 1.54) is 24.8 Å². The Morgan fingerprint density at radius 2 is 1.81 bits per heavy atom. The molecule has 2 unspecified atom stereocenters. The van der Waals surface area contributed by atoms with Gasteiger partial charge in [-0.05, 0) is 75.2 Å². The number of hydrogen-bond donors (Lipinski definition) is 1. The molecule has 1 aromatic carbocycles. The molecule has 1 aromatic rings. The van der Waals surface area contributed by atoms with Crippen molar-refractivity contribution in [3.05, 3.63) is 35.9 Å². The van der Waals surface area contributed by atoms with Crippen LogP contribution in [0.4, 0.5) is 0 Å². The molecule has 4 aliphatic carbocycles. The Labute approximate surface area is 155 Å². The van der Waals surface area contributed by atoms with Crippen LogP contribution < -0.4 is 5.32 Å². The first-order chi connectivity index (χ1) is 12.5. The minimum atomic E-state index is -0.719. The molecule has 0 heterocycles. The largest absolute Gasteiger partial charge is 0.452 e. The van der Waals surface area contributed by atoms with Gasteiger partial charge < -0.3 is 10.1 Å². The molecule has 4 nitrogen and oxygen atoms in total. The normalized spacial score (nSPS) is 35.8. The summed E-state index contributed by atoms with van der Waals surface area (Å²) in [5.74, 6) is 0.849. The van der Waals surface area contributed by atoms with Crippen molar-refractivity contribution in [1.82, 2.24) is 5.32 Å². The summed E-state index contributed by atoms with van der Waals surface area (Å²) in [6, 6.07) is 10.7. The number of rotatable bonds is 5. The van der Waals surface area contributed by atoms with Gasteiger partial charge in [-0.2, -0.15) is 0 Å². The molecular formula is C22H29NO3. The van der Waals surface area contributed by atoms with E-state index in [1.54, 1.807) is 6.92 Å². The SMILES string of the molecule is CCNC(=O)[C@@H](C)OC(=O)C12C[C@H]3C[C@@H](C1)CC(c1ccccc1)(C3)C2. The maximum absolute atomic E-state index is 13.2. The lowest BCUT2D eigenvalue weighted by Gasteiger charge is -2.61. The summed E-state index contributed by atoms with van der Waals surface area (Å²) in [5.41, 5.74) is 1.09. The number of ether oxygens (including phenoxy) is 1. The summed E-state index contributed by atoms with van der Waals surface area (Å²) in [7, 11) is 0. The van der Waals surface area contributed by atoms with Crippen LogP contribution in [0.2, 0.25) is 0 Å². The van der Waals surface area contributed by atoms with E-state index >= 15 is 0 Å². The highest BCUT2D eigenvalue weighted by molar-refractivity contribution is 5.85. The molecule has 4 aliphatic rings. The summed E-state index contributed by atoms with van der Waals surface area (Å²) in [4.78, 5) is 25.2. The number of carbonyl (C=O) groups excluding carboxylic acids is 2. The number of amides is 1. The molecule has 1 N–H and O–H groups in total. The molecule has 140 valence electrons. The van der Waals surface area contributed by atoms with Gasteiger partial charge in [0.2, 0.25) is 0 Å². The molecule has 1 amide bonds. The van der Waals surface area contributed by atoms with Gasteiger partial charge in [-0.15, -0.1) is 0 Å². The number of esters is 1. The molecule has 4 fully saturated rings. The van der Waals surface area contributed by atoms with Crippen molar-refractivity contribution in [2.75, 3.05) is 6.54 Å². The molecule has 0 aromatic heterocycles. The number of nitrogens with one attached hydrogen (secondary N) is 1. The summed E-state index contributed by atoms with van der Waals surface area (Å²) in [5, 5.41) is 2.74. The van der Waals surface area contributed by atoms with Crippen molar-refractivity contribution in [2.24, 2.45) is 17.3 Å². The Balaban J connectivity index is 1.58. The van der Waals surface area contributed by atoms with E-state index in [4.69, 9.17) is 4.74 Å². The van der Waals surface area contributed by atoms with E-state index in [1.807, 2.05) is 6.92 Å². The Hall–Kier alpha value is -1.84. The third-order valence-corrected chi connectivity index (χ3v) is 6.88.